The molecule has 0 bridgehead atoms. The van der Waals surface area contributed by atoms with Crippen LogP contribution in [0.2, 0.25) is 0 Å². The van der Waals surface area contributed by atoms with E-state index in [9.17, 15) is 14.9 Å². The highest BCUT2D eigenvalue weighted by atomic mass is 32.2. The minimum Gasteiger partial charge on any atom is -0.496 e. The van der Waals surface area contributed by atoms with Gasteiger partial charge in [0.2, 0.25) is 0 Å². The number of rotatable bonds is 8. The molecule has 1 amide bonds. The predicted molar refractivity (Wildman–Crippen MR) is 113 cm³/mol. The van der Waals surface area contributed by atoms with E-state index in [1.807, 2.05) is 36.0 Å². The fourth-order valence-corrected chi connectivity index (χ4v) is 3.97. The van der Waals surface area contributed by atoms with Gasteiger partial charge in [-0.05, 0) is 29.8 Å². The van der Waals surface area contributed by atoms with Crippen molar-refractivity contribution in [2.75, 3.05) is 43.6 Å². The Labute approximate surface area is 173 Å². The molecule has 0 atom stereocenters. The van der Waals surface area contributed by atoms with Gasteiger partial charge in [0.25, 0.3) is 5.91 Å². The second-order valence-corrected chi connectivity index (χ2v) is 7.74. The van der Waals surface area contributed by atoms with Crippen molar-refractivity contribution in [3.63, 3.8) is 0 Å². The monoisotopic (exact) mass is 417 g/mol. The van der Waals surface area contributed by atoms with Crippen LogP contribution in [0, 0.1) is 10.1 Å². The van der Waals surface area contributed by atoms with E-state index in [1.165, 1.54) is 19.2 Å². The summed E-state index contributed by atoms with van der Waals surface area (Å²) in [7, 11) is 1.42. The molecule has 1 aliphatic rings. The maximum Gasteiger partial charge on any atom is 0.314 e. The molecule has 2 aromatic rings. The lowest BCUT2D eigenvalue weighted by Crippen LogP contribution is -2.32. The highest BCUT2D eigenvalue weighted by molar-refractivity contribution is 7.99. The topological polar surface area (TPSA) is 93.9 Å². The number of nitrogens with zero attached hydrogens (tertiary/aromatic N) is 2. The third kappa shape index (κ3) is 6.10. The van der Waals surface area contributed by atoms with Crippen LogP contribution in [0.1, 0.15) is 5.56 Å². The van der Waals surface area contributed by atoms with Crippen LogP contribution in [-0.2, 0) is 11.3 Å². The third-order valence-electron chi connectivity index (χ3n) is 4.44. The lowest BCUT2D eigenvalue weighted by atomic mass is 10.2. The number of carbonyl (C=O) groups is 1. The molecule has 1 aliphatic heterocycles. The summed E-state index contributed by atoms with van der Waals surface area (Å²) in [5.41, 5.74) is 1.55. The lowest BCUT2D eigenvalue weighted by molar-refractivity contribution is -0.385. The number of carbonyl (C=O) groups excluding carboxylic acids is 1. The van der Waals surface area contributed by atoms with Crippen molar-refractivity contribution in [3.05, 3.63) is 58.1 Å². The molecule has 8 nitrogen and oxygen atoms in total. The molecule has 9 heteroatoms. The van der Waals surface area contributed by atoms with Gasteiger partial charge in [-0.3, -0.25) is 19.8 Å². The molecule has 1 heterocycles. The number of hydrogen-bond donors (Lipinski definition) is 1. The van der Waals surface area contributed by atoms with E-state index in [1.54, 1.807) is 6.07 Å². The van der Waals surface area contributed by atoms with Crippen molar-refractivity contribution >= 4 is 29.0 Å². The van der Waals surface area contributed by atoms with Gasteiger partial charge in [-0.15, -0.1) is 0 Å². The quantitative estimate of drug-likeness (QED) is 0.521. The van der Waals surface area contributed by atoms with Gasteiger partial charge in [0, 0.05) is 36.8 Å². The molecule has 0 aliphatic carbocycles. The molecule has 3 rings (SSSR count). The summed E-state index contributed by atoms with van der Waals surface area (Å²) in [5.74, 6) is 2.26. The van der Waals surface area contributed by atoms with Crippen molar-refractivity contribution < 1.29 is 19.2 Å². The summed E-state index contributed by atoms with van der Waals surface area (Å²) in [6, 6.07) is 11.9. The Morgan fingerprint density at radius 2 is 2.03 bits per heavy atom. The molecule has 0 radical (unpaired) electrons. The Morgan fingerprint density at radius 3 is 2.76 bits per heavy atom. The smallest absolute Gasteiger partial charge is 0.314 e. The minimum absolute atomic E-state index is 0.0164. The van der Waals surface area contributed by atoms with Crippen LogP contribution in [-0.4, -0.2) is 54.0 Å². The Hall–Kier alpha value is -2.78. The molecule has 1 saturated heterocycles. The van der Waals surface area contributed by atoms with E-state index in [0.29, 0.717) is 11.4 Å². The zero-order valence-electron chi connectivity index (χ0n) is 16.1. The molecule has 0 aromatic heterocycles. The number of nitro benzene ring substituents is 1. The molecule has 154 valence electrons. The number of hydrogen-bond acceptors (Lipinski definition) is 7. The summed E-state index contributed by atoms with van der Waals surface area (Å²) in [6.07, 6.45) is 0. The maximum absolute atomic E-state index is 12.2. The molecular formula is C20H23N3O5S. The van der Waals surface area contributed by atoms with E-state index in [-0.39, 0.29) is 24.0 Å². The average Bonchev–Trinajstić information content (AvgIpc) is 2.73. The number of amides is 1. The molecule has 0 spiro atoms. The third-order valence-corrected chi connectivity index (χ3v) is 5.38. The first-order valence-electron chi connectivity index (χ1n) is 9.19. The van der Waals surface area contributed by atoms with Gasteiger partial charge in [-0.1, -0.05) is 12.1 Å². The van der Waals surface area contributed by atoms with Gasteiger partial charge in [-0.25, -0.2) is 0 Å². The Bertz CT molecular complexity index is 871. The zero-order chi connectivity index (χ0) is 20.6. The van der Waals surface area contributed by atoms with E-state index in [0.717, 1.165) is 36.7 Å². The highest BCUT2D eigenvalue weighted by Crippen LogP contribution is 2.31. The number of nitrogens with one attached hydrogen (secondary N) is 1. The Balaban J connectivity index is 1.57. The van der Waals surface area contributed by atoms with Crippen LogP contribution in [0.5, 0.6) is 11.5 Å². The Kier molecular flexibility index (Phi) is 7.31. The second-order valence-electron chi connectivity index (χ2n) is 6.52. The number of ether oxygens (including phenoxy) is 2. The number of benzene rings is 2. The van der Waals surface area contributed by atoms with E-state index in [4.69, 9.17) is 9.47 Å². The molecule has 2 aromatic carbocycles. The van der Waals surface area contributed by atoms with Gasteiger partial charge in [-0.2, -0.15) is 11.8 Å². The fraction of sp³-hybridized carbons (Fsp3) is 0.350. The van der Waals surface area contributed by atoms with Crippen molar-refractivity contribution in [1.29, 1.82) is 0 Å². The van der Waals surface area contributed by atoms with Crippen molar-refractivity contribution in [2.45, 2.75) is 6.54 Å². The normalized spacial score (nSPS) is 14.2. The summed E-state index contributed by atoms with van der Waals surface area (Å²) >= 11 is 1.97. The number of anilines is 1. The lowest BCUT2D eigenvalue weighted by Gasteiger charge is -2.26. The number of methoxy groups -OCH3 is 1. The second kappa shape index (κ2) is 10.1. The first kappa shape index (κ1) is 20.9. The summed E-state index contributed by atoms with van der Waals surface area (Å²) in [6.45, 7) is 2.64. The van der Waals surface area contributed by atoms with E-state index in [2.05, 4.69) is 10.2 Å². The van der Waals surface area contributed by atoms with Crippen molar-refractivity contribution in [3.8, 4) is 11.5 Å². The largest absolute Gasteiger partial charge is 0.496 e. The van der Waals surface area contributed by atoms with Crippen LogP contribution >= 0.6 is 11.8 Å². The van der Waals surface area contributed by atoms with E-state index >= 15 is 0 Å². The van der Waals surface area contributed by atoms with Crippen LogP contribution < -0.4 is 14.8 Å². The highest BCUT2D eigenvalue weighted by Gasteiger charge is 2.18. The summed E-state index contributed by atoms with van der Waals surface area (Å²) < 4.78 is 10.4. The van der Waals surface area contributed by atoms with E-state index < -0.39 is 4.92 Å². The fourth-order valence-electron chi connectivity index (χ4n) is 2.99. The first-order chi connectivity index (χ1) is 14.0. The molecule has 0 unspecified atom stereocenters. The summed E-state index contributed by atoms with van der Waals surface area (Å²) in [4.78, 5) is 25.3. The zero-order valence-corrected chi connectivity index (χ0v) is 16.9. The Morgan fingerprint density at radius 1 is 1.24 bits per heavy atom. The van der Waals surface area contributed by atoms with Crippen LogP contribution in [0.3, 0.4) is 0 Å². The SMILES string of the molecule is COc1ccc(OCC(=O)Nc2cccc(CN3CCSCC3)c2)c([N+](=O)[O-])c1. The van der Waals surface area contributed by atoms with Crippen LogP contribution in [0.4, 0.5) is 11.4 Å². The van der Waals surface area contributed by atoms with Gasteiger partial charge < -0.3 is 14.8 Å². The van der Waals surface area contributed by atoms with Gasteiger partial charge in [0.1, 0.15) is 5.75 Å². The number of nitro groups is 1. The number of thioether (sulfide) groups is 1. The van der Waals surface area contributed by atoms with Crippen LogP contribution in [0.25, 0.3) is 0 Å². The predicted octanol–water partition coefficient (Wildman–Crippen LogP) is 3.17. The van der Waals surface area contributed by atoms with Gasteiger partial charge in [0.05, 0.1) is 18.1 Å². The minimum atomic E-state index is -0.571. The van der Waals surface area contributed by atoms with Gasteiger partial charge in [0.15, 0.2) is 12.4 Å². The average molecular weight is 417 g/mol. The standard InChI is InChI=1S/C20H23N3O5S/c1-27-17-5-6-19(18(12-17)23(25)26)28-14-20(24)21-16-4-2-3-15(11-16)13-22-7-9-29-10-8-22/h2-6,11-12H,7-10,13-14H2,1H3,(H,21,24). The van der Waals surface area contributed by atoms with Crippen molar-refractivity contribution in [2.24, 2.45) is 0 Å². The molecule has 29 heavy (non-hydrogen) atoms. The molecule has 1 fully saturated rings. The maximum atomic E-state index is 12.2. The molecule has 1 N–H and O–H groups in total. The van der Waals surface area contributed by atoms with Gasteiger partial charge >= 0.3 is 5.69 Å². The van der Waals surface area contributed by atoms with Crippen molar-refractivity contribution in [1.82, 2.24) is 4.90 Å². The van der Waals surface area contributed by atoms with Crippen LogP contribution in [0.15, 0.2) is 42.5 Å². The summed E-state index contributed by atoms with van der Waals surface area (Å²) in [5, 5.41) is 14.0. The first-order valence-corrected chi connectivity index (χ1v) is 10.3. The molecular weight excluding hydrogens is 394 g/mol. The molecule has 0 saturated carbocycles.